The van der Waals surface area contributed by atoms with Gasteiger partial charge in [-0.2, -0.15) is 0 Å². The van der Waals surface area contributed by atoms with Gasteiger partial charge in [-0.05, 0) is 24.5 Å². The van der Waals surface area contributed by atoms with Crippen LogP contribution in [0.25, 0.3) is 22.1 Å². The molecule has 0 unspecified atom stereocenters. The van der Waals surface area contributed by atoms with E-state index in [1.165, 1.54) is 54.4 Å². The highest BCUT2D eigenvalue weighted by Gasteiger charge is 2.24. The van der Waals surface area contributed by atoms with Crippen molar-refractivity contribution >= 4 is 11.0 Å². The van der Waals surface area contributed by atoms with Gasteiger partial charge >= 0.3 is 0 Å². The Kier molecular flexibility index (Phi) is 3.27. The Bertz CT molecular complexity index is 733. The van der Waals surface area contributed by atoms with Gasteiger partial charge in [0.25, 0.3) is 0 Å². The third kappa shape index (κ3) is 2.27. The fraction of sp³-hybridized carbons (Fsp3) is 0.300. The highest BCUT2D eigenvalue weighted by Crippen LogP contribution is 2.43. The van der Waals surface area contributed by atoms with Crippen LogP contribution in [0.3, 0.4) is 0 Å². The van der Waals surface area contributed by atoms with E-state index in [0.717, 1.165) is 5.58 Å². The lowest BCUT2D eigenvalue weighted by molar-refractivity contribution is 0.386. The first-order chi connectivity index (χ1) is 10.4. The van der Waals surface area contributed by atoms with Crippen molar-refractivity contribution in [1.29, 1.82) is 0 Å². The van der Waals surface area contributed by atoms with Crippen molar-refractivity contribution in [3.63, 3.8) is 0 Å². The minimum atomic E-state index is 0.585. The van der Waals surface area contributed by atoms with Gasteiger partial charge in [0.2, 0.25) is 0 Å². The van der Waals surface area contributed by atoms with Gasteiger partial charge in [0.05, 0.1) is 0 Å². The van der Waals surface area contributed by atoms with Crippen LogP contribution in [0.15, 0.2) is 59.0 Å². The van der Waals surface area contributed by atoms with Crippen molar-refractivity contribution in [1.82, 2.24) is 0 Å². The minimum absolute atomic E-state index is 0.585. The van der Waals surface area contributed by atoms with Gasteiger partial charge in [-0.15, -0.1) is 0 Å². The molecule has 1 heteroatoms. The molecule has 0 atom stereocenters. The van der Waals surface area contributed by atoms with E-state index >= 15 is 0 Å². The molecule has 1 heterocycles. The first kappa shape index (κ1) is 12.7. The Morgan fingerprint density at radius 2 is 1.48 bits per heavy atom. The standard InChI is InChI=1S/C20H20O/c1-3-9-15(10-4-1)19-17-13-7-8-14-18(17)21-20(19)16-11-5-2-6-12-16/h1,3-4,7-10,13-14,16H,2,5-6,11-12H2. The van der Waals surface area contributed by atoms with Crippen molar-refractivity contribution in [3.8, 4) is 11.1 Å². The maximum absolute atomic E-state index is 6.29. The van der Waals surface area contributed by atoms with E-state index in [-0.39, 0.29) is 0 Å². The van der Waals surface area contributed by atoms with Gasteiger partial charge in [-0.1, -0.05) is 67.8 Å². The summed E-state index contributed by atoms with van der Waals surface area (Å²) in [4.78, 5) is 0. The average Bonchev–Trinajstić information content (AvgIpc) is 2.96. The van der Waals surface area contributed by atoms with Crippen LogP contribution in [0.2, 0.25) is 0 Å². The molecule has 1 fully saturated rings. The van der Waals surface area contributed by atoms with E-state index in [1.807, 2.05) is 0 Å². The van der Waals surface area contributed by atoms with Crippen molar-refractivity contribution in [3.05, 3.63) is 60.4 Å². The molecule has 0 amide bonds. The third-order valence-corrected chi connectivity index (χ3v) is 4.66. The Hall–Kier alpha value is -2.02. The van der Waals surface area contributed by atoms with Gasteiger partial charge in [0.1, 0.15) is 11.3 Å². The summed E-state index contributed by atoms with van der Waals surface area (Å²) in [5, 5.41) is 1.25. The Balaban J connectivity index is 1.92. The van der Waals surface area contributed by atoms with Crippen LogP contribution < -0.4 is 0 Å². The normalized spacial score (nSPS) is 16.4. The molecular weight excluding hydrogens is 256 g/mol. The molecule has 4 rings (SSSR count). The zero-order valence-electron chi connectivity index (χ0n) is 12.2. The Morgan fingerprint density at radius 1 is 0.762 bits per heavy atom. The molecule has 0 N–H and O–H groups in total. The van der Waals surface area contributed by atoms with Crippen molar-refractivity contribution in [2.24, 2.45) is 0 Å². The number of fused-ring (bicyclic) bond motifs is 1. The van der Waals surface area contributed by atoms with E-state index in [0.29, 0.717) is 5.92 Å². The molecule has 3 aromatic rings. The summed E-state index contributed by atoms with van der Waals surface area (Å²) in [6, 6.07) is 19.1. The second-order valence-electron chi connectivity index (χ2n) is 6.04. The number of furan rings is 1. The number of para-hydroxylation sites is 1. The molecule has 1 saturated carbocycles. The van der Waals surface area contributed by atoms with E-state index in [1.54, 1.807) is 0 Å². The molecule has 1 nitrogen and oxygen atoms in total. The first-order valence-electron chi connectivity index (χ1n) is 8.00. The van der Waals surface area contributed by atoms with E-state index in [2.05, 4.69) is 54.6 Å². The van der Waals surface area contributed by atoms with Gasteiger partial charge < -0.3 is 4.42 Å². The van der Waals surface area contributed by atoms with E-state index in [9.17, 15) is 0 Å². The average molecular weight is 276 g/mol. The van der Waals surface area contributed by atoms with Gasteiger partial charge in [0, 0.05) is 16.9 Å². The van der Waals surface area contributed by atoms with Crippen molar-refractivity contribution in [2.75, 3.05) is 0 Å². The summed E-state index contributed by atoms with van der Waals surface area (Å²) >= 11 is 0. The second kappa shape index (κ2) is 5.40. The van der Waals surface area contributed by atoms with E-state index < -0.39 is 0 Å². The summed E-state index contributed by atoms with van der Waals surface area (Å²) in [5.41, 5.74) is 3.62. The largest absolute Gasteiger partial charge is 0.460 e. The third-order valence-electron chi connectivity index (χ3n) is 4.66. The smallest absolute Gasteiger partial charge is 0.134 e. The lowest BCUT2D eigenvalue weighted by atomic mass is 9.84. The zero-order valence-corrected chi connectivity index (χ0v) is 12.2. The first-order valence-corrected chi connectivity index (χ1v) is 8.00. The predicted octanol–water partition coefficient (Wildman–Crippen LogP) is 6.15. The maximum atomic E-state index is 6.29. The highest BCUT2D eigenvalue weighted by molar-refractivity contribution is 5.96. The number of benzene rings is 2. The molecule has 0 radical (unpaired) electrons. The summed E-state index contributed by atoms with van der Waals surface area (Å²) in [6.07, 6.45) is 6.56. The fourth-order valence-corrected chi connectivity index (χ4v) is 3.62. The zero-order chi connectivity index (χ0) is 14.1. The molecule has 0 bridgehead atoms. The molecule has 0 saturated heterocycles. The van der Waals surface area contributed by atoms with E-state index in [4.69, 9.17) is 4.42 Å². The Morgan fingerprint density at radius 3 is 2.29 bits per heavy atom. The summed E-state index contributed by atoms with van der Waals surface area (Å²) < 4.78 is 6.29. The molecule has 0 spiro atoms. The summed E-state index contributed by atoms with van der Waals surface area (Å²) in [5.74, 6) is 1.79. The number of hydrogen-bond acceptors (Lipinski definition) is 1. The van der Waals surface area contributed by atoms with Crippen LogP contribution in [0.4, 0.5) is 0 Å². The maximum Gasteiger partial charge on any atom is 0.134 e. The summed E-state index contributed by atoms with van der Waals surface area (Å²) in [6.45, 7) is 0. The molecule has 1 aliphatic rings. The topological polar surface area (TPSA) is 13.1 Å². The number of rotatable bonds is 2. The number of hydrogen-bond donors (Lipinski definition) is 0. The van der Waals surface area contributed by atoms with Crippen LogP contribution >= 0.6 is 0 Å². The van der Waals surface area contributed by atoms with Crippen LogP contribution in [0, 0.1) is 0 Å². The molecule has 1 aromatic heterocycles. The highest BCUT2D eigenvalue weighted by atomic mass is 16.3. The van der Waals surface area contributed by atoms with Crippen LogP contribution in [-0.4, -0.2) is 0 Å². The summed E-state index contributed by atoms with van der Waals surface area (Å²) in [7, 11) is 0. The van der Waals surface area contributed by atoms with Crippen LogP contribution in [-0.2, 0) is 0 Å². The molecule has 2 aromatic carbocycles. The second-order valence-corrected chi connectivity index (χ2v) is 6.04. The van der Waals surface area contributed by atoms with Crippen molar-refractivity contribution in [2.45, 2.75) is 38.0 Å². The Labute approximate surface area is 125 Å². The lowest BCUT2D eigenvalue weighted by Gasteiger charge is -2.20. The minimum Gasteiger partial charge on any atom is -0.460 e. The predicted molar refractivity (Wildman–Crippen MR) is 87.5 cm³/mol. The van der Waals surface area contributed by atoms with Gasteiger partial charge in [-0.25, -0.2) is 0 Å². The quantitative estimate of drug-likeness (QED) is 0.547. The molecular formula is C20H20O. The molecule has 1 aliphatic carbocycles. The van der Waals surface area contributed by atoms with Crippen molar-refractivity contribution < 1.29 is 4.42 Å². The van der Waals surface area contributed by atoms with Gasteiger partial charge in [-0.3, -0.25) is 0 Å². The fourth-order valence-electron chi connectivity index (χ4n) is 3.62. The monoisotopic (exact) mass is 276 g/mol. The molecule has 0 aliphatic heterocycles. The van der Waals surface area contributed by atoms with Crippen LogP contribution in [0.5, 0.6) is 0 Å². The molecule has 106 valence electrons. The van der Waals surface area contributed by atoms with Gasteiger partial charge in [0.15, 0.2) is 0 Å². The lowest BCUT2D eigenvalue weighted by Crippen LogP contribution is -2.04. The SMILES string of the molecule is c1ccc(-c2c(C3CCCCC3)oc3ccccc23)cc1. The van der Waals surface area contributed by atoms with Crippen LogP contribution in [0.1, 0.15) is 43.8 Å². The molecule has 21 heavy (non-hydrogen) atoms.